The fourth-order valence-corrected chi connectivity index (χ4v) is 2.72. The molecule has 1 amide bonds. The lowest BCUT2D eigenvalue weighted by Gasteiger charge is -2.14. The highest BCUT2D eigenvalue weighted by Gasteiger charge is 2.35. The van der Waals surface area contributed by atoms with Crippen molar-refractivity contribution in [1.82, 2.24) is 25.1 Å². The Bertz CT molecular complexity index is 738. The monoisotopic (exact) mass is 303 g/mol. The molecule has 1 aliphatic rings. The first-order chi connectivity index (χ1) is 10.5. The smallest absolute Gasteiger partial charge is 0.279 e. The van der Waals surface area contributed by atoms with Crippen molar-refractivity contribution >= 4 is 5.91 Å². The van der Waals surface area contributed by atoms with Crippen LogP contribution in [-0.2, 0) is 6.42 Å². The number of amides is 1. The Labute approximate surface area is 126 Å². The van der Waals surface area contributed by atoms with E-state index in [0.717, 1.165) is 11.4 Å². The van der Waals surface area contributed by atoms with Gasteiger partial charge in [-0.15, -0.1) is 0 Å². The molecule has 3 heterocycles. The van der Waals surface area contributed by atoms with E-state index in [1.807, 2.05) is 13.0 Å². The van der Waals surface area contributed by atoms with Crippen LogP contribution in [-0.4, -0.2) is 55.3 Å². The first-order valence-electron chi connectivity index (χ1n) is 7.06. The number of aromatic nitrogens is 4. The van der Waals surface area contributed by atoms with Gasteiger partial charge in [0, 0.05) is 37.1 Å². The quantitative estimate of drug-likeness (QED) is 0.705. The van der Waals surface area contributed by atoms with Crippen LogP contribution >= 0.6 is 0 Å². The molecule has 1 fully saturated rings. The molecule has 22 heavy (non-hydrogen) atoms. The summed E-state index contributed by atoms with van der Waals surface area (Å²) in [5.41, 5.74) is 1.14. The zero-order chi connectivity index (χ0) is 15.7. The van der Waals surface area contributed by atoms with Gasteiger partial charge in [0.15, 0.2) is 5.69 Å². The molecule has 2 aromatic heterocycles. The van der Waals surface area contributed by atoms with E-state index < -0.39 is 17.6 Å². The van der Waals surface area contributed by atoms with Crippen LogP contribution in [0.5, 0.6) is 0 Å². The van der Waals surface area contributed by atoms with Crippen molar-refractivity contribution in [3.63, 3.8) is 0 Å². The molecule has 1 saturated heterocycles. The highest BCUT2D eigenvalue weighted by molar-refractivity contribution is 5.92. The SMILES string of the molecule is Cc1cc(C[C@@H]2CN(C(=O)c3ncc[nH]c3=O)C[C@H]2O)n[nH]1. The van der Waals surface area contributed by atoms with Crippen LogP contribution in [0.25, 0.3) is 0 Å². The number of nitrogens with one attached hydrogen (secondary N) is 2. The van der Waals surface area contributed by atoms with Crippen LogP contribution in [0.15, 0.2) is 23.3 Å². The Hall–Kier alpha value is -2.48. The number of rotatable bonds is 3. The molecule has 0 spiro atoms. The second-order valence-electron chi connectivity index (χ2n) is 5.55. The molecule has 3 N–H and O–H groups in total. The van der Waals surface area contributed by atoms with Crippen LogP contribution in [0, 0.1) is 12.8 Å². The van der Waals surface area contributed by atoms with Gasteiger partial charge in [-0.3, -0.25) is 14.7 Å². The van der Waals surface area contributed by atoms with Crippen LogP contribution in [0.4, 0.5) is 0 Å². The van der Waals surface area contributed by atoms with Gasteiger partial charge in [-0.1, -0.05) is 0 Å². The van der Waals surface area contributed by atoms with Gasteiger partial charge in [0.25, 0.3) is 11.5 Å². The number of β-amino-alcohol motifs (C(OH)–C–C–N with tert-alkyl or cyclic N) is 1. The lowest BCUT2D eigenvalue weighted by molar-refractivity contribution is 0.0757. The summed E-state index contributed by atoms with van der Waals surface area (Å²) in [6, 6.07) is 1.92. The number of likely N-dealkylation sites (tertiary alicyclic amines) is 1. The predicted octanol–water partition coefficient (Wildman–Crippen LogP) is -0.523. The fraction of sp³-hybridized carbons (Fsp3) is 0.429. The number of aromatic amines is 2. The minimum Gasteiger partial charge on any atom is -0.391 e. The lowest BCUT2D eigenvalue weighted by Crippen LogP contribution is -2.34. The van der Waals surface area contributed by atoms with E-state index in [0.29, 0.717) is 13.0 Å². The number of nitrogens with zero attached hydrogens (tertiary/aromatic N) is 3. The number of H-pyrrole nitrogens is 2. The van der Waals surface area contributed by atoms with Crippen molar-refractivity contribution in [2.75, 3.05) is 13.1 Å². The minimum atomic E-state index is -0.635. The summed E-state index contributed by atoms with van der Waals surface area (Å²) in [6.07, 6.45) is 2.68. The van der Waals surface area contributed by atoms with Gasteiger partial charge in [0.05, 0.1) is 11.8 Å². The Balaban J connectivity index is 1.71. The highest BCUT2D eigenvalue weighted by atomic mass is 16.3. The largest absolute Gasteiger partial charge is 0.391 e. The molecule has 0 aliphatic carbocycles. The molecule has 2 aromatic rings. The maximum Gasteiger partial charge on any atom is 0.279 e. The molecular weight excluding hydrogens is 286 g/mol. The maximum atomic E-state index is 12.3. The highest BCUT2D eigenvalue weighted by Crippen LogP contribution is 2.22. The summed E-state index contributed by atoms with van der Waals surface area (Å²) in [4.78, 5) is 31.7. The third-order valence-corrected chi connectivity index (χ3v) is 3.83. The molecule has 8 nitrogen and oxygen atoms in total. The van der Waals surface area contributed by atoms with E-state index in [9.17, 15) is 14.7 Å². The number of hydrogen-bond acceptors (Lipinski definition) is 5. The van der Waals surface area contributed by atoms with E-state index in [-0.39, 0.29) is 18.2 Å². The van der Waals surface area contributed by atoms with Gasteiger partial charge in [0.2, 0.25) is 0 Å². The first-order valence-corrected chi connectivity index (χ1v) is 7.06. The summed E-state index contributed by atoms with van der Waals surface area (Å²) < 4.78 is 0. The topological polar surface area (TPSA) is 115 Å². The molecule has 1 aliphatic heterocycles. The summed E-state index contributed by atoms with van der Waals surface area (Å²) in [5.74, 6) is -0.559. The normalized spacial score (nSPS) is 21.3. The van der Waals surface area contributed by atoms with Crippen LogP contribution in [0.3, 0.4) is 0 Å². The fourth-order valence-electron chi connectivity index (χ4n) is 2.72. The predicted molar refractivity (Wildman–Crippen MR) is 77.3 cm³/mol. The summed E-state index contributed by atoms with van der Waals surface area (Å²) in [6.45, 7) is 2.48. The van der Waals surface area contributed by atoms with Gasteiger partial charge >= 0.3 is 0 Å². The van der Waals surface area contributed by atoms with E-state index in [1.165, 1.54) is 17.3 Å². The molecular formula is C14H17N5O3. The molecule has 0 radical (unpaired) electrons. The van der Waals surface area contributed by atoms with Crippen molar-refractivity contribution in [3.8, 4) is 0 Å². The molecule has 8 heteroatoms. The average molecular weight is 303 g/mol. The average Bonchev–Trinajstić information content (AvgIpc) is 3.06. The number of carbonyl (C=O) groups excluding carboxylic acids is 1. The van der Waals surface area contributed by atoms with E-state index in [2.05, 4.69) is 20.2 Å². The molecule has 0 bridgehead atoms. The van der Waals surface area contributed by atoms with Crippen molar-refractivity contribution in [3.05, 3.63) is 45.9 Å². The zero-order valence-corrected chi connectivity index (χ0v) is 12.1. The number of aliphatic hydroxyl groups excluding tert-OH is 1. The van der Waals surface area contributed by atoms with Crippen LogP contribution in [0.1, 0.15) is 21.9 Å². The van der Waals surface area contributed by atoms with Gasteiger partial charge in [-0.05, 0) is 19.4 Å². The summed E-state index contributed by atoms with van der Waals surface area (Å²) >= 11 is 0. The minimum absolute atomic E-state index is 0.102. The van der Waals surface area contributed by atoms with Crippen molar-refractivity contribution in [1.29, 1.82) is 0 Å². The molecule has 116 valence electrons. The molecule has 0 unspecified atom stereocenters. The van der Waals surface area contributed by atoms with Crippen molar-refractivity contribution in [2.45, 2.75) is 19.4 Å². The zero-order valence-electron chi connectivity index (χ0n) is 12.1. The third kappa shape index (κ3) is 2.77. The lowest BCUT2D eigenvalue weighted by atomic mass is 10.0. The summed E-state index contributed by atoms with van der Waals surface area (Å²) in [5, 5.41) is 17.2. The van der Waals surface area contributed by atoms with Gasteiger partial charge in [0.1, 0.15) is 0 Å². The van der Waals surface area contributed by atoms with Gasteiger partial charge < -0.3 is 15.0 Å². The summed E-state index contributed by atoms with van der Waals surface area (Å²) in [7, 11) is 0. The molecule has 0 saturated carbocycles. The van der Waals surface area contributed by atoms with Crippen molar-refractivity contribution in [2.24, 2.45) is 5.92 Å². The van der Waals surface area contributed by atoms with Gasteiger partial charge in [-0.25, -0.2) is 4.98 Å². The Morgan fingerprint density at radius 2 is 2.32 bits per heavy atom. The van der Waals surface area contributed by atoms with Crippen LogP contribution in [0.2, 0.25) is 0 Å². The molecule has 0 aromatic carbocycles. The first kappa shape index (κ1) is 14.5. The van der Waals surface area contributed by atoms with E-state index >= 15 is 0 Å². The van der Waals surface area contributed by atoms with Gasteiger partial charge in [-0.2, -0.15) is 5.10 Å². The van der Waals surface area contributed by atoms with Crippen molar-refractivity contribution < 1.29 is 9.90 Å². The Kier molecular flexibility index (Phi) is 3.76. The number of carbonyl (C=O) groups is 1. The maximum absolute atomic E-state index is 12.3. The number of aryl methyl sites for hydroxylation is 1. The third-order valence-electron chi connectivity index (χ3n) is 3.83. The Morgan fingerprint density at radius 1 is 1.50 bits per heavy atom. The van der Waals surface area contributed by atoms with Crippen LogP contribution < -0.4 is 5.56 Å². The molecule has 2 atom stereocenters. The molecule has 3 rings (SSSR count). The Morgan fingerprint density at radius 3 is 3.00 bits per heavy atom. The van der Waals surface area contributed by atoms with E-state index in [4.69, 9.17) is 0 Å². The standard InChI is InChI=1S/C14H17N5O3/c1-8-4-10(18-17-8)5-9-6-19(7-11(9)20)14(22)12-13(21)16-3-2-15-12/h2-4,9,11,20H,5-7H2,1H3,(H,16,21)(H,17,18)/t9-,11-/m1/s1. The number of hydrogen-bond donors (Lipinski definition) is 3. The second kappa shape index (κ2) is 5.72. The van der Waals surface area contributed by atoms with E-state index in [1.54, 1.807) is 0 Å². The number of aliphatic hydroxyl groups is 1. The second-order valence-corrected chi connectivity index (χ2v) is 5.55.